The lowest BCUT2D eigenvalue weighted by Crippen LogP contribution is -2.38. The third kappa shape index (κ3) is 2.69. The van der Waals surface area contributed by atoms with Crippen LogP contribution >= 0.6 is 15.9 Å². The zero-order valence-electron chi connectivity index (χ0n) is 10.0. The summed E-state index contributed by atoms with van der Waals surface area (Å²) in [7, 11) is 1.65. The number of oxime groups is 1. The van der Waals surface area contributed by atoms with Gasteiger partial charge in [-0.25, -0.2) is 0 Å². The summed E-state index contributed by atoms with van der Waals surface area (Å²) in [5.41, 5.74) is 2.25. The number of halogens is 1. The predicted molar refractivity (Wildman–Crippen MR) is 71.5 cm³/mol. The van der Waals surface area contributed by atoms with Crippen molar-refractivity contribution in [2.45, 2.75) is 25.0 Å². The highest BCUT2D eigenvalue weighted by atomic mass is 79.9. The van der Waals surface area contributed by atoms with E-state index in [-0.39, 0.29) is 5.92 Å². The van der Waals surface area contributed by atoms with Gasteiger partial charge in [0, 0.05) is 31.7 Å². The van der Waals surface area contributed by atoms with Crippen LogP contribution < -0.4 is 0 Å². The molecule has 0 aliphatic carbocycles. The third-order valence-corrected chi connectivity index (χ3v) is 3.68. The van der Waals surface area contributed by atoms with Crippen molar-refractivity contribution in [1.82, 2.24) is 0 Å². The molecule has 0 aromatic heterocycles. The second kappa shape index (κ2) is 5.19. The fraction of sp³-hybridized carbons (Fsp3) is 0.462. The van der Waals surface area contributed by atoms with Crippen molar-refractivity contribution >= 4 is 21.6 Å². The Hall–Kier alpha value is -0.870. The number of rotatable bonds is 3. The highest BCUT2D eigenvalue weighted by molar-refractivity contribution is 9.09. The van der Waals surface area contributed by atoms with E-state index in [0.29, 0.717) is 5.33 Å². The van der Waals surface area contributed by atoms with Gasteiger partial charge in [0.15, 0.2) is 0 Å². The summed E-state index contributed by atoms with van der Waals surface area (Å²) in [6, 6.07) is 10.3. The van der Waals surface area contributed by atoms with Gasteiger partial charge in [-0.15, -0.1) is 0 Å². The van der Waals surface area contributed by atoms with Gasteiger partial charge in [0.05, 0.1) is 5.71 Å². The fourth-order valence-corrected chi connectivity index (χ4v) is 2.47. The van der Waals surface area contributed by atoms with Crippen LogP contribution in [0.2, 0.25) is 0 Å². The fourth-order valence-electron chi connectivity index (χ4n) is 1.98. The molecule has 0 fully saturated rings. The summed E-state index contributed by atoms with van der Waals surface area (Å²) < 4.78 is 5.38. The molecule has 1 aliphatic heterocycles. The van der Waals surface area contributed by atoms with Gasteiger partial charge in [-0.3, -0.25) is 0 Å². The van der Waals surface area contributed by atoms with Gasteiger partial charge >= 0.3 is 0 Å². The molecule has 1 aliphatic rings. The van der Waals surface area contributed by atoms with Crippen molar-refractivity contribution in [2.24, 2.45) is 5.16 Å². The lowest BCUT2D eigenvalue weighted by Gasteiger charge is -2.34. The molecule has 0 unspecified atom stereocenters. The molecule has 0 N–H and O–H groups in total. The molecule has 0 spiro atoms. The molecule has 0 radical (unpaired) electrons. The molecule has 3 nitrogen and oxygen atoms in total. The minimum atomic E-state index is -0.633. The molecular formula is C13H16BrNO2. The van der Waals surface area contributed by atoms with Crippen molar-refractivity contribution < 1.29 is 9.57 Å². The normalized spacial score (nSPS) is 28.4. The summed E-state index contributed by atoms with van der Waals surface area (Å²) in [5, 5.41) is 4.89. The van der Waals surface area contributed by atoms with E-state index in [1.54, 1.807) is 7.11 Å². The van der Waals surface area contributed by atoms with Crippen LogP contribution in [0.1, 0.15) is 24.8 Å². The summed E-state index contributed by atoms with van der Waals surface area (Å²) in [5.74, 6) is -0.388. The summed E-state index contributed by atoms with van der Waals surface area (Å²) in [4.78, 5) is 5.41. The zero-order chi connectivity index (χ0) is 12.3. The van der Waals surface area contributed by atoms with Gasteiger partial charge in [-0.1, -0.05) is 51.4 Å². The number of methoxy groups -OCH3 is 1. The van der Waals surface area contributed by atoms with Crippen LogP contribution in [-0.2, 0) is 9.57 Å². The van der Waals surface area contributed by atoms with E-state index in [9.17, 15) is 0 Å². The Labute approximate surface area is 110 Å². The molecule has 17 heavy (non-hydrogen) atoms. The lowest BCUT2D eigenvalue weighted by atomic mass is 9.88. The molecule has 0 saturated carbocycles. The smallest absolute Gasteiger partial charge is 0.234 e. The van der Waals surface area contributed by atoms with Gasteiger partial charge in [0.25, 0.3) is 0 Å². The Morgan fingerprint density at radius 2 is 2.18 bits per heavy atom. The van der Waals surface area contributed by atoms with Gasteiger partial charge < -0.3 is 9.57 Å². The van der Waals surface area contributed by atoms with E-state index in [1.165, 1.54) is 5.56 Å². The van der Waals surface area contributed by atoms with Gasteiger partial charge in [-0.2, -0.15) is 0 Å². The number of nitrogens with zero attached hydrogens (tertiary/aromatic N) is 1. The maximum absolute atomic E-state index is 5.41. The average molecular weight is 298 g/mol. The largest absolute Gasteiger partial charge is 0.361 e. The molecule has 1 aromatic carbocycles. The van der Waals surface area contributed by atoms with E-state index < -0.39 is 5.79 Å². The molecule has 2 rings (SSSR count). The molecule has 0 saturated heterocycles. The molecule has 92 valence electrons. The molecule has 1 aromatic rings. The van der Waals surface area contributed by atoms with Gasteiger partial charge in [0.1, 0.15) is 0 Å². The average Bonchev–Trinajstić information content (AvgIpc) is 2.40. The second-order valence-corrected chi connectivity index (χ2v) is 4.87. The lowest BCUT2D eigenvalue weighted by molar-refractivity contribution is -0.221. The number of hydrogen-bond donors (Lipinski definition) is 0. The van der Waals surface area contributed by atoms with Crippen LogP contribution in [0.15, 0.2) is 35.5 Å². The molecule has 2 atom stereocenters. The molecule has 0 amide bonds. The van der Waals surface area contributed by atoms with E-state index >= 15 is 0 Å². The summed E-state index contributed by atoms with van der Waals surface area (Å²) in [6.07, 6.45) is 0.776. The zero-order valence-corrected chi connectivity index (χ0v) is 11.6. The Kier molecular flexibility index (Phi) is 3.84. The topological polar surface area (TPSA) is 30.8 Å². The minimum Gasteiger partial charge on any atom is -0.361 e. The second-order valence-electron chi connectivity index (χ2n) is 4.31. The Balaban J connectivity index is 2.31. The standard InChI is InChI=1S/C13H16BrNO2/c1-13(16-2)8-11(12(9-14)15-17-13)10-6-4-3-5-7-10/h3-7,11H,8-9H2,1-2H3/t11-,13+/m0/s1. The van der Waals surface area contributed by atoms with Gasteiger partial charge in [0.2, 0.25) is 5.79 Å². The maximum atomic E-state index is 5.41. The first kappa shape index (κ1) is 12.6. The monoisotopic (exact) mass is 297 g/mol. The number of hydrogen-bond acceptors (Lipinski definition) is 3. The van der Waals surface area contributed by atoms with Crippen LogP contribution in [0.3, 0.4) is 0 Å². The minimum absolute atomic E-state index is 0.245. The predicted octanol–water partition coefficient (Wildman–Crippen LogP) is 3.30. The summed E-state index contributed by atoms with van der Waals surface area (Å²) in [6.45, 7) is 1.91. The van der Waals surface area contributed by atoms with Crippen LogP contribution in [-0.4, -0.2) is 23.9 Å². The molecular weight excluding hydrogens is 282 g/mol. The summed E-state index contributed by atoms with van der Waals surface area (Å²) >= 11 is 3.46. The maximum Gasteiger partial charge on any atom is 0.234 e. The van der Waals surface area contributed by atoms with Crippen molar-refractivity contribution in [3.05, 3.63) is 35.9 Å². The van der Waals surface area contributed by atoms with Crippen LogP contribution in [0.4, 0.5) is 0 Å². The van der Waals surface area contributed by atoms with E-state index in [2.05, 4.69) is 33.2 Å². The third-order valence-electron chi connectivity index (χ3n) is 3.10. The number of alkyl halides is 1. The Morgan fingerprint density at radius 3 is 2.76 bits per heavy atom. The van der Waals surface area contributed by atoms with Crippen molar-refractivity contribution in [3.63, 3.8) is 0 Å². The first-order valence-electron chi connectivity index (χ1n) is 5.59. The highest BCUT2D eigenvalue weighted by Crippen LogP contribution is 2.35. The highest BCUT2D eigenvalue weighted by Gasteiger charge is 2.37. The molecule has 1 heterocycles. The van der Waals surface area contributed by atoms with Crippen molar-refractivity contribution in [1.29, 1.82) is 0 Å². The first-order chi connectivity index (χ1) is 8.18. The van der Waals surface area contributed by atoms with Crippen LogP contribution in [0.25, 0.3) is 0 Å². The van der Waals surface area contributed by atoms with Gasteiger partial charge in [-0.05, 0) is 5.56 Å². The SMILES string of the molecule is CO[C@@]1(C)C[C@@H](c2ccccc2)C(CBr)=NO1. The van der Waals surface area contributed by atoms with E-state index in [1.807, 2.05) is 25.1 Å². The first-order valence-corrected chi connectivity index (χ1v) is 6.71. The van der Waals surface area contributed by atoms with E-state index in [4.69, 9.17) is 9.57 Å². The number of ether oxygens (including phenoxy) is 1. The van der Waals surface area contributed by atoms with Crippen molar-refractivity contribution in [3.8, 4) is 0 Å². The Bertz CT molecular complexity index is 407. The quantitative estimate of drug-likeness (QED) is 0.802. The van der Waals surface area contributed by atoms with E-state index in [0.717, 1.165) is 12.1 Å². The molecule has 0 bridgehead atoms. The van der Waals surface area contributed by atoms with Crippen molar-refractivity contribution in [2.75, 3.05) is 12.4 Å². The number of benzene rings is 1. The van der Waals surface area contributed by atoms with Crippen LogP contribution in [0, 0.1) is 0 Å². The Morgan fingerprint density at radius 1 is 1.47 bits per heavy atom. The van der Waals surface area contributed by atoms with Crippen LogP contribution in [0.5, 0.6) is 0 Å². The molecule has 4 heteroatoms.